The fourth-order valence-corrected chi connectivity index (χ4v) is 1.73. The van der Waals surface area contributed by atoms with E-state index in [2.05, 4.69) is 28.7 Å². The van der Waals surface area contributed by atoms with E-state index in [1.807, 2.05) is 0 Å². The maximum absolute atomic E-state index is 5.48. The number of aliphatic imine (C=N–C) groups is 1. The molecule has 2 aliphatic heterocycles. The predicted octanol–water partition coefficient (Wildman–Crippen LogP) is 0.222. The number of hydrogen-bond acceptors (Lipinski definition) is 4. The van der Waals surface area contributed by atoms with Gasteiger partial charge in [-0.3, -0.25) is 0 Å². The van der Waals surface area contributed by atoms with Crippen molar-refractivity contribution in [3.05, 3.63) is 12.2 Å². The number of nitrogens with zero attached hydrogens (tertiary/aromatic N) is 2. The Morgan fingerprint density at radius 1 is 1.64 bits per heavy atom. The second-order valence-electron chi connectivity index (χ2n) is 3.87. The lowest BCUT2D eigenvalue weighted by atomic mass is 10.2. The van der Waals surface area contributed by atoms with E-state index in [1.54, 1.807) is 0 Å². The van der Waals surface area contributed by atoms with Crippen LogP contribution in [0.4, 0.5) is 0 Å². The van der Waals surface area contributed by atoms with Crippen molar-refractivity contribution in [2.45, 2.75) is 13.0 Å². The van der Waals surface area contributed by atoms with Crippen LogP contribution in [0.3, 0.4) is 0 Å². The number of morpholine rings is 1. The Hall–Kier alpha value is -1.03. The van der Waals surface area contributed by atoms with Gasteiger partial charge in [0.05, 0.1) is 19.3 Å². The average molecular weight is 195 g/mol. The largest absolute Gasteiger partial charge is 0.375 e. The summed E-state index contributed by atoms with van der Waals surface area (Å²) in [5.74, 6) is 1.01. The zero-order chi connectivity index (χ0) is 9.97. The second kappa shape index (κ2) is 4.00. The molecule has 2 aliphatic rings. The first-order valence-electron chi connectivity index (χ1n) is 5.07. The first-order chi connectivity index (χ1) is 6.75. The topological polar surface area (TPSA) is 36.9 Å². The van der Waals surface area contributed by atoms with Gasteiger partial charge in [0.1, 0.15) is 0 Å². The summed E-state index contributed by atoms with van der Waals surface area (Å²) in [4.78, 5) is 6.70. The fourth-order valence-electron chi connectivity index (χ4n) is 1.73. The molecule has 0 aliphatic carbocycles. The molecule has 0 aromatic rings. The van der Waals surface area contributed by atoms with Gasteiger partial charge in [-0.2, -0.15) is 0 Å². The number of nitrogens with one attached hydrogen (secondary N) is 1. The van der Waals surface area contributed by atoms with Crippen LogP contribution in [0.25, 0.3) is 0 Å². The van der Waals surface area contributed by atoms with Gasteiger partial charge in [0.2, 0.25) is 0 Å². The van der Waals surface area contributed by atoms with Gasteiger partial charge in [-0.25, -0.2) is 4.99 Å². The minimum atomic E-state index is 0.304. The van der Waals surface area contributed by atoms with Crippen LogP contribution in [0, 0.1) is 0 Å². The highest BCUT2D eigenvalue weighted by atomic mass is 16.5. The number of ether oxygens (including phenoxy) is 1. The third-order valence-corrected chi connectivity index (χ3v) is 2.49. The summed E-state index contributed by atoms with van der Waals surface area (Å²) >= 11 is 0. The Bertz CT molecular complexity index is 262. The zero-order valence-electron chi connectivity index (χ0n) is 8.62. The molecule has 0 aromatic heterocycles. The first-order valence-corrected chi connectivity index (χ1v) is 5.07. The second-order valence-corrected chi connectivity index (χ2v) is 3.87. The molecule has 0 aromatic carbocycles. The fraction of sp³-hybridized carbons (Fsp3) is 0.700. The maximum Gasteiger partial charge on any atom is 0.194 e. The average Bonchev–Trinajstić information content (AvgIpc) is 2.19. The van der Waals surface area contributed by atoms with E-state index in [1.165, 1.54) is 0 Å². The van der Waals surface area contributed by atoms with Gasteiger partial charge in [-0.15, -0.1) is 0 Å². The van der Waals surface area contributed by atoms with Crippen LogP contribution in [-0.2, 0) is 4.74 Å². The van der Waals surface area contributed by atoms with Crippen molar-refractivity contribution in [3.63, 3.8) is 0 Å². The normalized spacial score (nSPS) is 28.4. The minimum absolute atomic E-state index is 0.304. The van der Waals surface area contributed by atoms with E-state index in [0.29, 0.717) is 6.10 Å². The molecule has 1 unspecified atom stereocenters. The van der Waals surface area contributed by atoms with Crippen molar-refractivity contribution in [3.8, 4) is 0 Å². The molecule has 14 heavy (non-hydrogen) atoms. The lowest BCUT2D eigenvalue weighted by molar-refractivity contribution is 0.00454. The van der Waals surface area contributed by atoms with Crippen LogP contribution >= 0.6 is 0 Å². The third kappa shape index (κ3) is 2.07. The highest BCUT2D eigenvalue weighted by molar-refractivity contribution is 5.81. The molecule has 2 rings (SSSR count). The van der Waals surface area contributed by atoms with E-state index >= 15 is 0 Å². The monoisotopic (exact) mass is 195 g/mol. The van der Waals surface area contributed by atoms with Crippen LogP contribution in [0.2, 0.25) is 0 Å². The Morgan fingerprint density at radius 2 is 2.50 bits per heavy atom. The third-order valence-electron chi connectivity index (χ3n) is 2.49. The summed E-state index contributed by atoms with van der Waals surface area (Å²) in [7, 11) is 0. The standard InChI is InChI=1S/C10H17N3O/c1-8-5-11-10(12-6-8)13-3-4-14-9(2)7-13/h9H,1,3-7H2,2H3,(H,11,12). The molecule has 2 heterocycles. The van der Waals surface area contributed by atoms with Crippen molar-refractivity contribution in [2.24, 2.45) is 4.99 Å². The van der Waals surface area contributed by atoms with Crippen molar-refractivity contribution in [2.75, 3.05) is 32.8 Å². The lowest BCUT2D eigenvalue weighted by Gasteiger charge is -2.35. The molecular weight excluding hydrogens is 178 g/mol. The molecular formula is C10H17N3O. The van der Waals surface area contributed by atoms with Crippen LogP contribution in [0.5, 0.6) is 0 Å². The Kier molecular flexibility index (Phi) is 2.72. The predicted molar refractivity (Wildman–Crippen MR) is 56.4 cm³/mol. The molecule has 0 amide bonds. The lowest BCUT2D eigenvalue weighted by Crippen LogP contribution is -2.51. The summed E-state index contributed by atoms with van der Waals surface area (Å²) in [6.45, 7) is 10.3. The highest BCUT2D eigenvalue weighted by Crippen LogP contribution is 2.07. The van der Waals surface area contributed by atoms with Crippen LogP contribution in [0.15, 0.2) is 17.1 Å². The van der Waals surface area contributed by atoms with Gasteiger partial charge in [-0.1, -0.05) is 6.58 Å². The van der Waals surface area contributed by atoms with Gasteiger partial charge < -0.3 is 15.0 Å². The molecule has 1 saturated heterocycles. The molecule has 4 heteroatoms. The van der Waals surface area contributed by atoms with Crippen LogP contribution < -0.4 is 5.32 Å². The van der Waals surface area contributed by atoms with Crippen molar-refractivity contribution in [1.82, 2.24) is 10.2 Å². The molecule has 0 saturated carbocycles. The van der Waals surface area contributed by atoms with E-state index in [-0.39, 0.29) is 0 Å². The molecule has 1 fully saturated rings. The number of rotatable bonds is 0. The van der Waals surface area contributed by atoms with E-state index in [9.17, 15) is 0 Å². The summed E-state index contributed by atoms with van der Waals surface area (Å²) in [5, 5.41) is 3.28. The molecule has 1 N–H and O–H groups in total. The number of guanidine groups is 1. The molecule has 0 bridgehead atoms. The first kappa shape index (κ1) is 9.52. The van der Waals surface area contributed by atoms with Gasteiger partial charge in [0.15, 0.2) is 5.96 Å². The van der Waals surface area contributed by atoms with Crippen molar-refractivity contribution >= 4 is 5.96 Å². The quantitative estimate of drug-likeness (QED) is 0.562. The van der Waals surface area contributed by atoms with Crippen molar-refractivity contribution < 1.29 is 4.74 Å². The molecule has 0 spiro atoms. The van der Waals surface area contributed by atoms with Crippen molar-refractivity contribution in [1.29, 1.82) is 0 Å². The Labute approximate surface area is 84.6 Å². The van der Waals surface area contributed by atoms with Crippen LogP contribution in [0.1, 0.15) is 6.92 Å². The molecule has 0 radical (unpaired) electrons. The van der Waals surface area contributed by atoms with E-state index in [0.717, 1.165) is 44.3 Å². The van der Waals surface area contributed by atoms with Gasteiger partial charge in [0, 0.05) is 19.6 Å². The summed E-state index contributed by atoms with van der Waals surface area (Å²) in [6.07, 6.45) is 0.304. The Balaban J connectivity index is 1.97. The Morgan fingerprint density at radius 3 is 3.14 bits per heavy atom. The van der Waals surface area contributed by atoms with Gasteiger partial charge in [0.25, 0.3) is 0 Å². The SMILES string of the molecule is C=C1CN=C(N2CCOC(C)C2)NC1. The summed E-state index contributed by atoms with van der Waals surface area (Å²) < 4.78 is 5.48. The van der Waals surface area contributed by atoms with Crippen LogP contribution in [-0.4, -0.2) is 49.7 Å². The van der Waals surface area contributed by atoms with E-state index < -0.39 is 0 Å². The van der Waals surface area contributed by atoms with E-state index in [4.69, 9.17) is 4.74 Å². The molecule has 78 valence electrons. The van der Waals surface area contributed by atoms with Gasteiger partial charge in [-0.05, 0) is 12.5 Å². The summed E-state index contributed by atoms with van der Waals surface area (Å²) in [5.41, 5.74) is 1.15. The summed E-state index contributed by atoms with van der Waals surface area (Å²) in [6, 6.07) is 0. The minimum Gasteiger partial charge on any atom is -0.375 e. The molecule has 4 nitrogen and oxygen atoms in total. The maximum atomic E-state index is 5.48. The highest BCUT2D eigenvalue weighted by Gasteiger charge is 2.21. The number of hydrogen-bond donors (Lipinski definition) is 1. The van der Waals surface area contributed by atoms with Gasteiger partial charge >= 0.3 is 0 Å². The zero-order valence-corrected chi connectivity index (χ0v) is 8.62. The molecule has 1 atom stereocenters. The smallest absolute Gasteiger partial charge is 0.194 e.